The summed E-state index contributed by atoms with van der Waals surface area (Å²) in [7, 11) is 1.47. The highest BCUT2D eigenvalue weighted by atomic mass is 16.3. The first-order valence-electron chi connectivity index (χ1n) is 9.92. The molecular formula is C22H30NO4-. The molecule has 0 spiro atoms. The van der Waals surface area contributed by atoms with E-state index in [-0.39, 0.29) is 23.2 Å². The molecule has 1 aliphatic heterocycles. The van der Waals surface area contributed by atoms with Gasteiger partial charge in [-0.05, 0) is 42.9 Å². The summed E-state index contributed by atoms with van der Waals surface area (Å²) < 4.78 is 0. The molecule has 1 saturated carbocycles. The molecule has 2 fully saturated rings. The highest BCUT2D eigenvalue weighted by Crippen LogP contribution is 2.55. The number of rotatable bonds is 3. The molecule has 0 aromatic carbocycles. The highest BCUT2D eigenvalue weighted by Gasteiger charge is 2.50. The number of nitrogens with zero attached hydrogens (tertiary/aromatic N) is 1. The van der Waals surface area contributed by atoms with E-state index >= 15 is 0 Å². The fraction of sp³-hybridized carbons (Fsp3) is 0.636. The zero-order chi connectivity index (χ0) is 19.9. The third-order valence-electron chi connectivity index (χ3n) is 7.03. The summed E-state index contributed by atoms with van der Waals surface area (Å²) >= 11 is 0. The van der Waals surface area contributed by atoms with Crippen molar-refractivity contribution in [3.05, 3.63) is 35.6 Å². The Morgan fingerprint density at radius 3 is 2.67 bits per heavy atom. The lowest BCUT2D eigenvalue weighted by molar-refractivity contribution is -0.334. The molecular weight excluding hydrogens is 342 g/mol. The third-order valence-corrected chi connectivity index (χ3v) is 7.03. The van der Waals surface area contributed by atoms with E-state index in [9.17, 15) is 19.8 Å². The predicted molar refractivity (Wildman–Crippen MR) is 101 cm³/mol. The SMILES string of the molecule is C/C=C/[C@@H]1C=C[C@@H]2C[C@H](C)CC[C@H]2[C@]1(C)/C([O-])=C1\C(=O)[C@H](CO)N(C)C1=O. The summed E-state index contributed by atoms with van der Waals surface area (Å²) in [4.78, 5) is 26.6. The number of carbonyl (C=O) groups excluding carboxylic acids is 2. The lowest BCUT2D eigenvalue weighted by Crippen LogP contribution is -2.48. The van der Waals surface area contributed by atoms with Crippen LogP contribution in [0.3, 0.4) is 0 Å². The number of carbonyl (C=O) groups is 2. The van der Waals surface area contributed by atoms with E-state index in [4.69, 9.17) is 0 Å². The Balaban J connectivity index is 2.14. The van der Waals surface area contributed by atoms with Crippen LogP contribution in [0.5, 0.6) is 0 Å². The molecule has 0 bridgehead atoms. The van der Waals surface area contributed by atoms with Gasteiger partial charge in [0.2, 0.25) is 0 Å². The number of ketones is 1. The number of aliphatic hydroxyl groups is 1. The van der Waals surface area contributed by atoms with Gasteiger partial charge in [0.1, 0.15) is 6.04 Å². The van der Waals surface area contributed by atoms with Crippen molar-refractivity contribution in [2.45, 2.75) is 46.1 Å². The molecule has 27 heavy (non-hydrogen) atoms. The minimum atomic E-state index is -0.943. The Hall–Kier alpha value is -1.88. The number of fused-ring (bicyclic) bond motifs is 1. The lowest BCUT2D eigenvalue weighted by Gasteiger charge is -2.54. The van der Waals surface area contributed by atoms with Crippen molar-refractivity contribution >= 4 is 11.7 Å². The van der Waals surface area contributed by atoms with Gasteiger partial charge in [0, 0.05) is 13.0 Å². The van der Waals surface area contributed by atoms with Crippen molar-refractivity contribution in [1.82, 2.24) is 4.90 Å². The maximum atomic E-state index is 13.7. The normalized spacial score (nSPS) is 41.4. The molecule has 1 amide bonds. The Labute approximate surface area is 161 Å². The van der Waals surface area contributed by atoms with Crippen LogP contribution in [0.25, 0.3) is 0 Å². The fourth-order valence-electron chi connectivity index (χ4n) is 5.33. The zero-order valence-electron chi connectivity index (χ0n) is 16.6. The smallest absolute Gasteiger partial charge is 0.257 e. The van der Waals surface area contributed by atoms with Crippen molar-refractivity contribution in [3.8, 4) is 0 Å². The van der Waals surface area contributed by atoms with Crippen LogP contribution in [0.15, 0.2) is 35.6 Å². The standard InChI is InChI=1S/C22H31NO4/c1-5-6-15-9-8-14-11-13(2)7-10-16(14)22(15,3)20(26)18-19(25)17(12-24)23(4)21(18)27/h5-6,8-9,13-17,24,26H,7,10-12H2,1-4H3/p-1/b6-5+,20-18-/t13-,14-,15-,16-,17+,22-/m1/s1. The number of aliphatic hydroxyl groups excluding tert-OH is 1. The van der Waals surface area contributed by atoms with E-state index in [2.05, 4.69) is 19.1 Å². The minimum Gasteiger partial charge on any atom is -0.874 e. The molecule has 6 atom stereocenters. The number of amides is 1. The third kappa shape index (κ3) is 2.96. The van der Waals surface area contributed by atoms with Crippen molar-refractivity contribution in [1.29, 1.82) is 0 Å². The number of likely N-dealkylation sites (tertiary alicyclic amines) is 1. The second-order valence-corrected chi connectivity index (χ2v) is 8.59. The second kappa shape index (κ2) is 7.27. The number of likely N-dealkylation sites (N-methyl/N-ethyl adjacent to an activating group) is 1. The summed E-state index contributed by atoms with van der Waals surface area (Å²) in [5, 5.41) is 23.2. The summed E-state index contributed by atoms with van der Waals surface area (Å²) in [5.74, 6) is -0.568. The molecule has 1 saturated heterocycles. The van der Waals surface area contributed by atoms with E-state index in [1.165, 1.54) is 11.9 Å². The summed E-state index contributed by atoms with van der Waals surface area (Å²) in [5.41, 5.74) is -1.07. The van der Waals surface area contributed by atoms with Crippen molar-refractivity contribution < 1.29 is 19.8 Å². The largest absolute Gasteiger partial charge is 0.874 e. The molecule has 148 valence electrons. The highest BCUT2D eigenvalue weighted by molar-refractivity contribution is 6.26. The molecule has 1 N–H and O–H groups in total. The topological polar surface area (TPSA) is 80.7 Å². The maximum Gasteiger partial charge on any atom is 0.257 e. The molecule has 5 heteroatoms. The Kier molecular flexibility index (Phi) is 5.35. The zero-order valence-corrected chi connectivity index (χ0v) is 16.6. The molecule has 1 heterocycles. The van der Waals surface area contributed by atoms with Gasteiger partial charge in [0.05, 0.1) is 12.2 Å². The lowest BCUT2D eigenvalue weighted by atomic mass is 9.54. The molecule has 0 aromatic heterocycles. The Morgan fingerprint density at radius 2 is 2.07 bits per heavy atom. The predicted octanol–water partition coefficient (Wildman–Crippen LogP) is 1.82. The molecule has 0 aromatic rings. The number of allylic oxidation sites excluding steroid dienone is 5. The van der Waals surface area contributed by atoms with Gasteiger partial charge >= 0.3 is 0 Å². The average molecular weight is 372 g/mol. The van der Waals surface area contributed by atoms with Gasteiger partial charge in [-0.3, -0.25) is 9.59 Å². The maximum absolute atomic E-state index is 13.7. The van der Waals surface area contributed by atoms with E-state index in [1.54, 1.807) is 0 Å². The average Bonchev–Trinajstić information content (AvgIpc) is 2.85. The van der Waals surface area contributed by atoms with E-state index < -0.39 is 29.8 Å². The van der Waals surface area contributed by atoms with E-state index in [1.807, 2.05) is 26.0 Å². The van der Waals surface area contributed by atoms with Gasteiger partial charge in [0.15, 0.2) is 5.78 Å². The molecule has 0 radical (unpaired) electrons. The van der Waals surface area contributed by atoms with Gasteiger partial charge in [0.25, 0.3) is 5.91 Å². The number of Topliss-reactive ketones (excluding diaryl/α,β-unsaturated/α-hetero) is 1. The van der Waals surface area contributed by atoms with Crippen molar-refractivity contribution in [2.24, 2.45) is 29.1 Å². The van der Waals surface area contributed by atoms with Crippen LogP contribution in [0.2, 0.25) is 0 Å². The first kappa shape index (κ1) is 19.9. The second-order valence-electron chi connectivity index (χ2n) is 8.59. The van der Waals surface area contributed by atoms with Crippen LogP contribution in [0.4, 0.5) is 0 Å². The van der Waals surface area contributed by atoms with Crippen LogP contribution in [-0.4, -0.2) is 41.4 Å². The summed E-state index contributed by atoms with van der Waals surface area (Å²) in [6.45, 7) is 5.62. The summed E-state index contributed by atoms with van der Waals surface area (Å²) in [6, 6.07) is -0.943. The van der Waals surface area contributed by atoms with Gasteiger partial charge in [-0.2, -0.15) is 0 Å². The minimum absolute atomic E-state index is 0.110. The van der Waals surface area contributed by atoms with E-state index in [0.29, 0.717) is 11.8 Å². The fourth-order valence-corrected chi connectivity index (χ4v) is 5.33. The first-order chi connectivity index (χ1) is 12.8. The van der Waals surface area contributed by atoms with E-state index in [0.717, 1.165) is 19.3 Å². The summed E-state index contributed by atoms with van der Waals surface area (Å²) in [6.07, 6.45) is 11.2. The van der Waals surface area contributed by atoms with Gasteiger partial charge in [-0.15, -0.1) is 5.76 Å². The van der Waals surface area contributed by atoms with Gasteiger partial charge in [-0.1, -0.05) is 44.6 Å². The molecule has 2 aliphatic carbocycles. The van der Waals surface area contributed by atoms with Gasteiger partial charge < -0.3 is 15.1 Å². The van der Waals surface area contributed by atoms with Crippen LogP contribution in [0, 0.1) is 29.1 Å². The first-order valence-corrected chi connectivity index (χ1v) is 9.92. The van der Waals surface area contributed by atoms with Crippen LogP contribution < -0.4 is 5.11 Å². The monoisotopic (exact) mass is 372 g/mol. The van der Waals surface area contributed by atoms with Crippen molar-refractivity contribution in [3.63, 3.8) is 0 Å². The number of hydrogen-bond donors (Lipinski definition) is 1. The van der Waals surface area contributed by atoms with Crippen LogP contribution in [-0.2, 0) is 9.59 Å². The molecule has 5 nitrogen and oxygen atoms in total. The Bertz CT molecular complexity index is 722. The molecule has 3 rings (SSSR count). The number of hydrogen-bond acceptors (Lipinski definition) is 4. The Morgan fingerprint density at radius 1 is 1.37 bits per heavy atom. The van der Waals surface area contributed by atoms with Gasteiger partial charge in [-0.25, -0.2) is 0 Å². The van der Waals surface area contributed by atoms with Crippen LogP contribution in [0.1, 0.15) is 40.0 Å². The molecule has 3 aliphatic rings. The quantitative estimate of drug-likeness (QED) is 0.355. The van der Waals surface area contributed by atoms with Crippen LogP contribution >= 0.6 is 0 Å². The molecule has 0 unspecified atom stereocenters. The van der Waals surface area contributed by atoms with Crippen molar-refractivity contribution in [2.75, 3.05) is 13.7 Å².